The highest BCUT2D eigenvalue weighted by Gasteiger charge is 2.33. The van der Waals surface area contributed by atoms with Gasteiger partial charge in [-0.1, -0.05) is 18.5 Å². The zero-order valence-corrected chi connectivity index (χ0v) is 26.6. The van der Waals surface area contributed by atoms with Crippen molar-refractivity contribution in [2.45, 2.75) is 37.3 Å². The molecule has 5 rings (SSSR count). The Morgan fingerprint density at radius 3 is 2.38 bits per heavy atom. The Morgan fingerprint density at radius 1 is 1.04 bits per heavy atom. The quantitative estimate of drug-likeness (QED) is 0.327. The Hall–Kier alpha value is -4.04. The summed E-state index contributed by atoms with van der Waals surface area (Å²) in [4.78, 5) is 28.0. The predicted molar refractivity (Wildman–Crippen MR) is 168 cm³/mol. The highest BCUT2D eigenvalue weighted by atomic mass is 35.5. The molecule has 2 heterocycles. The van der Waals surface area contributed by atoms with Crippen molar-refractivity contribution in [3.05, 3.63) is 71.2 Å². The van der Waals surface area contributed by atoms with E-state index in [0.29, 0.717) is 39.2 Å². The third-order valence-corrected chi connectivity index (χ3v) is 9.85. The Labute approximate surface area is 266 Å². The van der Waals surface area contributed by atoms with E-state index in [1.807, 2.05) is 6.92 Å². The van der Waals surface area contributed by atoms with Gasteiger partial charge < -0.3 is 34.9 Å². The number of amides is 3. The summed E-state index contributed by atoms with van der Waals surface area (Å²) in [7, 11) is -2.41. The minimum absolute atomic E-state index is 0.0148. The van der Waals surface area contributed by atoms with Gasteiger partial charge in [0, 0.05) is 47.5 Å². The van der Waals surface area contributed by atoms with Crippen LogP contribution in [0.4, 0.5) is 16.2 Å². The molecule has 2 aliphatic rings. The largest absolute Gasteiger partial charge is 0.488 e. The Bertz CT molecular complexity index is 1670. The van der Waals surface area contributed by atoms with Crippen molar-refractivity contribution < 1.29 is 37.3 Å². The number of carbonyl (C=O) groups excluding carboxylic acids is 2. The monoisotopic (exact) mass is 658 g/mol. The molecule has 3 aromatic rings. The van der Waals surface area contributed by atoms with Gasteiger partial charge in [-0.2, -0.15) is 4.31 Å². The van der Waals surface area contributed by atoms with Gasteiger partial charge in [0.15, 0.2) is 11.5 Å². The minimum Gasteiger partial charge on any atom is -0.488 e. The van der Waals surface area contributed by atoms with Gasteiger partial charge in [-0.15, -0.1) is 0 Å². The summed E-state index contributed by atoms with van der Waals surface area (Å²) in [6, 6.07) is 14.9. The van der Waals surface area contributed by atoms with E-state index < -0.39 is 28.2 Å². The minimum atomic E-state index is -3.88. The maximum Gasteiger partial charge on any atom is 0.323 e. The van der Waals surface area contributed by atoms with Gasteiger partial charge in [-0.05, 0) is 61.5 Å². The molecular weight excluding hydrogens is 624 g/mol. The van der Waals surface area contributed by atoms with Crippen LogP contribution in [0, 0.1) is 5.92 Å². The van der Waals surface area contributed by atoms with Gasteiger partial charge >= 0.3 is 6.03 Å². The molecule has 0 fully saturated rings. The molecule has 0 saturated carbocycles. The maximum absolute atomic E-state index is 13.5. The number of nitrogens with zero attached hydrogens (tertiary/aromatic N) is 2. The van der Waals surface area contributed by atoms with E-state index in [9.17, 15) is 23.1 Å². The molecule has 12 nitrogen and oxygen atoms in total. The highest BCUT2D eigenvalue weighted by Crippen LogP contribution is 2.34. The van der Waals surface area contributed by atoms with Crippen molar-refractivity contribution >= 4 is 44.9 Å². The van der Waals surface area contributed by atoms with Crippen LogP contribution >= 0.6 is 11.6 Å². The van der Waals surface area contributed by atoms with Crippen molar-refractivity contribution in [2.75, 3.05) is 44.2 Å². The van der Waals surface area contributed by atoms with Crippen LogP contribution in [-0.2, 0) is 21.2 Å². The van der Waals surface area contributed by atoms with E-state index in [4.69, 9.17) is 25.8 Å². The number of fused-ring (bicyclic) bond motifs is 2. The third-order valence-electron chi connectivity index (χ3n) is 7.76. The van der Waals surface area contributed by atoms with Gasteiger partial charge in [0.2, 0.25) is 22.7 Å². The van der Waals surface area contributed by atoms with Crippen LogP contribution < -0.4 is 24.8 Å². The second kappa shape index (κ2) is 13.5. The predicted octanol–water partition coefficient (Wildman–Crippen LogP) is 4.18. The van der Waals surface area contributed by atoms with Crippen LogP contribution in [0.2, 0.25) is 5.02 Å². The van der Waals surface area contributed by atoms with Crippen LogP contribution in [-0.4, -0.2) is 80.4 Å². The number of rotatable bonds is 8. The first-order valence-corrected chi connectivity index (χ1v) is 16.2. The molecule has 2 aliphatic heterocycles. The molecule has 14 heteroatoms. The second-order valence-corrected chi connectivity index (χ2v) is 13.6. The lowest BCUT2D eigenvalue weighted by Crippen LogP contribution is -2.48. The molecule has 0 aromatic heterocycles. The van der Waals surface area contributed by atoms with Gasteiger partial charge in [0.1, 0.15) is 11.9 Å². The van der Waals surface area contributed by atoms with Crippen molar-refractivity contribution in [2.24, 2.45) is 5.92 Å². The first-order valence-electron chi connectivity index (χ1n) is 14.3. The molecule has 3 aromatic carbocycles. The lowest BCUT2D eigenvalue weighted by Gasteiger charge is -2.33. The molecule has 240 valence electrons. The third kappa shape index (κ3) is 7.44. The summed E-state index contributed by atoms with van der Waals surface area (Å²) >= 11 is 5.96. The number of ether oxygens (including phenoxy) is 3. The SMILES string of the molecule is C[C@@H]1CN([C@H](C)CO)C(=O)Cc2cc(NC(=O)Nc3ccc4c(c3)OCO4)ccc2O[C@H]1CN(C)S(=O)(=O)c1ccc(Cl)cc1. The van der Waals surface area contributed by atoms with Gasteiger partial charge in [0.25, 0.3) is 0 Å². The van der Waals surface area contributed by atoms with Crippen LogP contribution in [0.3, 0.4) is 0 Å². The molecule has 0 unspecified atom stereocenters. The number of anilines is 2. The Balaban J connectivity index is 1.38. The van der Waals surface area contributed by atoms with E-state index >= 15 is 0 Å². The molecule has 3 N–H and O–H groups in total. The Kier molecular flexibility index (Phi) is 9.73. The summed E-state index contributed by atoms with van der Waals surface area (Å²) in [5.74, 6) is 0.949. The normalized spacial score (nSPS) is 18.7. The van der Waals surface area contributed by atoms with E-state index in [1.165, 1.54) is 35.6 Å². The number of aliphatic hydroxyl groups excluding tert-OH is 1. The fourth-order valence-corrected chi connectivity index (χ4v) is 6.44. The zero-order chi connectivity index (χ0) is 32.3. The number of likely N-dealkylation sites (N-methyl/N-ethyl adjacent to an activating group) is 1. The highest BCUT2D eigenvalue weighted by molar-refractivity contribution is 7.89. The summed E-state index contributed by atoms with van der Waals surface area (Å²) in [6.45, 7) is 3.71. The summed E-state index contributed by atoms with van der Waals surface area (Å²) in [6.07, 6.45) is -0.722. The van der Waals surface area contributed by atoms with E-state index in [-0.39, 0.29) is 49.6 Å². The first kappa shape index (κ1) is 32.4. The number of aliphatic hydroxyl groups is 1. The summed E-state index contributed by atoms with van der Waals surface area (Å²) in [5, 5.41) is 15.8. The number of sulfonamides is 1. The topological polar surface area (TPSA) is 147 Å². The molecule has 0 bridgehead atoms. The maximum atomic E-state index is 13.5. The van der Waals surface area contributed by atoms with Crippen LogP contribution in [0.1, 0.15) is 19.4 Å². The average molecular weight is 659 g/mol. The zero-order valence-electron chi connectivity index (χ0n) is 25.0. The fraction of sp³-hybridized carbons (Fsp3) is 0.355. The van der Waals surface area contributed by atoms with Crippen molar-refractivity contribution in [3.8, 4) is 17.2 Å². The summed E-state index contributed by atoms with van der Waals surface area (Å²) < 4.78 is 45.1. The first-order chi connectivity index (χ1) is 21.4. The molecular formula is C31H35ClN4O8S. The number of carbonyl (C=O) groups is 2. The number of nitrogens with one attached hydrogen (secondary N) is 2. The van der Waals surface area contributed by atoms with Crippen LogP contribution in [0.5, 0.6) is 17.2 Å². The number of hydrogen-bond acceptors (Lipinski definition) is 8. The molecule has 0 saturated heterocycles. The standard InChI is InChI=1S/C31H35ClN4O8S/c1-19-15-36(20(2)17-37)30(38)13-21-12-23(33-31(39)34-24-7-11-27-28(14-24)43-18-42-27)6-10-26(21)44-29(19)16-35(3)45(40,41)25-8-4-22(32)5-9-25/h4-12,14,19-20,29,37H,13,15-18H2,1-3H3,(H2,33,34,39)/t19-,20-,29+/m1/s1. The van der Waals surface area contributed by atoms with Crippen molar-refractivity contribution in [1.29, 1.82) is 0 Å². The van der Waals surface area contributed by atoms with E-state index in [0.717, 1.165) is 0 Å². The van der Waals surface area contributed by atoms with E-state index in [2.05, 4.69) is 10.6 Å². The van der Waals surface area contributed by atoms with Crippen LogP contribution in [0.25, 0.3) is 0 Å². The van der Waals surface area contributed by atoms with E-state index in [1.54, 1.807) is 48.2 Å². The number of halogens is 1. The fourth-order valence-electron chi connectivity index (χ4n) is 5.13. The van der Waals surface area contributed by atoms with Gasteiger partial charge in [-0.3, -0.25) is 4.79 Å². The molecule has 3 atom stereocenters. The number of benzene rings is 3. The number of urea groups is 1. The molecule has 0 aliphatic carbocycles. The summed E-state index contributed by atoms with van der Waals surface area (Å²) in [5.41, 5.74) is 1.41. The Morgan fingerprint density at radius 2 is 1.69 bits per heavy atom. The van der Waals surface area contributed by atoms with Crippen LogP contribution in [0.15, 0.2) is 65.6 Å². The molecule has 0 radical (unpaired) electrons. The molecule has 3 amide bonds. The van der Waals surface area contributed by atoms with Crippen molar-refractivity contribution in [1.82, 2.24) is 9.21 Å². The van der Waals surface area contributed by atoms with Crippen molar-refractivity contribution in [3.63, 3.8) is 0 Å². The smallest absolute Gasteiger partial charge is 0.323 e. The lowest BCUT2D eigenvalue weighted by molar-refractivity contribution is -0.134. The molecule has 0 spiro atoms. The average Bonchev–Trinajstić information content (AvgIpc) is 3.49. The van der Waals surface area contributed by atoms with Gasteiger partial charge in [-0.25, -0.2) is 13.2 Å². The lowest BCUT2D eigenvalue weighted by atomic mass is 10.0. The molecule has 45 heavy (non-hydrogen) atoms. The van der Waals surface area contributed by atoms with Gasteiger partial charge in [0.05, 0.1) is 30.5 Å². The second-order valence-electron chi connectivity index (χ2n) is 11.1. The number of hydrogen-bond donors (Lipinski definition) is 3.